The van der Waals surface area contributed by atoms with Crippen LogP contribution in [-0.4, -0.2) is 40.7 Å². The van der Waals surface area contributed by atoms with Crippen molar-refractivity contribution in [2.24, 2.45) is 0 Å². The fourth-order valence-electron chi connectivity index (χ4n) is 4.89. The fourth-order valence-corrected chi connectivity index (χ4v) is 4.89. The number of nitrogens with one attached hydrogen (secondary N) is 1. The summed E-state index contributed by atoms with van der Waals surface area (Å²) in [6, 6.07) is 14.9. The number of hydrogen-bond acceptors (Lipinski definition) is 5. The molecule has 0 unspecified atom stereocenters. The van der Waals surface area contributed by atoms with Gasteiger partial charge >= 0.3 is 6.09 Å². The van der Waals surface area contributed by atoms with Crippen molar-refractivity contribution in [3.8, 4) is 11.3 Å². The molecule has 2 aromatic carbocycles. The molecule has 3 heterocycles. The Balaban J connectivity index is 0.00000156. The second-order valence-corrected chi connectivity index (χ2v) is 10.5. The number of benzene rings is 2. The van der Waals surface area contributed by atoms with Gasteiger partial charge in [0.1, 0.15) is 16.9 Å². The third-order valence-electron chi connectivity index (χ3n) is 6.55. The number of aryl methyl sites for hydroxylation is 1. The van der Waals surface area contributed by atoms with Gasteiger partial charge in [0, 0.05) is 54.4 Å². The summed E-state index contributed by atoms with van der Waals surface area (Å²) < 4.78 is 11.6. The number of ether oxygens (including phenoxy) is 1. The van der Waals surface area contributed by atoms with E-state index in [1.165, 1.54) is 11.1 Å². The molecule has 196 valence electrons. The van der Waals surface area contributed by atoms with Crippen LogP contribution in [0.15, 0.2) is 59.3 Å². The van der Waals surface area contributed by atoms with Gasteiger partial charge in [0.2, 0.25) is 0 Å². The molecule has 4 aromatic rings. The van der Waals surface area contributed by atoms with Gasteiger partial charge in [0.25, 0.3) is 0 Å². The van der Waals surface area contributed by atoms with Gasteiger partial charge in [0.05, 0.1) is 0 Å². The van der Waals surface area contributed by atoms with Crippen LogP contribution in [0.1, 0.15) is 58.6 Å². The molecule has 2 aromatic heterocycles. The Bertz CT molecular complexity index is 1330. The molecule has 6 nitrogen and oxygen atoms in total. The molecule has 1 aliphatic rings. The van der Waals surface area contributed by atoms with Crippen molar-refractivity contribution in [2.45, 2.75) is 72.6 Å². The van der Waals surface area contributed by atoms with Crippen LogP contribution in [0.5, 0.6) is 0 Å². The monoisotopic (exact) mass is 501 g/mol. The number of piperidine rings is 1. The summed E-state index contributed by atoms with van der Waals surface area (Å²) in [5.74, 6) is 0.842. The number of amides is 1. The third-order valence-corrected chi connectivity index (χ3v) is 6.55. The molecule has 0 bridgehead atoms. The van der Waals surface area contributed by atoms with E-state index in [2.05, 4.69) is 46.4 Å². The predicted octanol–water partition coefficient (Wildman–Crippen LogP) is 7.47. The minimum atomic E-state index is -0.477. The van der Waals surface area contributed by atoms with Crippen molar-refractivity contribution in [1.82, 2.24) is 15.2 Å². The number of likely N-dealkylation sites (tertiary alicyclic amines) is 1. The van der Waals surface area contributed by atoms with Crippen LogP contribution in [0.2, 0.25) is 0 Å². The molecule has 0 saturated carbocycles. The van der Waals surface area contributed by atoms with Gasteiger partial charge in [-0.25, -0.2) is 4.79 Å². The number of fused-ring (bicyclic) bond motifs is 2. The maximum absolute atomic E-state index is 12.1. The number of rotatable bonds is 4. The molecule has 1 fully saturated rings. The van der Waals surface area contributed by atoms with Gasteiger partial charge in [-0.2, -0.15) is 0 Å². The molecule has 0 atom stereocenters. The Morgan fingerprint density at radius 3 is 2.51 bits per heavy atom. The first kappa shape index (κ1) is 26.7. The zero-order valence-electron chi connectivity index (χ0n) is 22.9. The van der Waals surface area contributed by atoms with E-state index in [1.54, 1.807) is 0 Å². The average molecular weight is 502 g/mol. The number of carbonyl (C=O) groups is 1. The van der Waals surface area contributed by atoms with Gasteiger partial charge in [0.15, 0.2) is 0 Å². The van der Waals surface area contributed by atoms with Gasteiger partial charge in [-0.15, -0.1) is 0 Å². The first-order chi connectivity index (χ1) is 17.7. The number of aromatic nitrogens is 1. The molecule has 6 heteroatoms. The van der Waals surface area contributed by atoms with Crippen molar-refractivity contribution >= 4 is 27.8 Å². The predicted molar refractivity (Wildman–Crippen MR) is 151 cm³/mol. The summed E-state index contributed by atoms with van der Waals surface area (Å²) >= 11 is 0. The lowest BCUT2D eigenvalue weighted by molar-refractivity contribution is 0.0477. The Kier molecular flexibility index (Phi) is 8.18. The highest BCUT2D eigenvalue weighted by Gasteiger charge is 2.24. The molecular formula is C31H39N3O3. The van der Waals surface area contributed by atoms with Crippen LogP contribution in [0, 0.1) is 6.92 Å². The zero-order chi connectivity index (χ0) is 26.6. The molecule has 0 aliphatic carbocycles. The first-order valence-corrected chi connectivity index (χ1v) is 13.3. The van der Waals surface area contributed by atoms with Crippen molar-refractivity contribution in [2.75, 3.05) is 13.1 Å². The average Bonchev–Trinajstić information content (AvgIpc) is 3.29. The van der Waals surface area contributed by atoms with Crippen molar-refractivity contribution in [1.29, 1.82) is 0 Å². The van der Waals surface area contributed by atoms with E-state index in [0.29, 0.717) is 0 Å². The van der Waals surface area contributed by atoms with Gasteiger partial charge in [-0.1, -0.05) is 38.1 Å². The standard InChI is InChI=1S/C29H33N3O3.C2H6/c1-19-13-20(18-32-11-9-22(10-12-32)31-28(33)35-29(2,3)4)14-23-24(19)16-30-17-25(23)27-15-21-7-5-6-8-26(21)34-27;1-2/h5-8,13-17,22H,9-12,18H2,1-4H3,(H,31,33);1-2H3. The Morgan fingerprint density at radius 2 is 1.81 bits per heavy atom. The number of furan rings is 1. The summed E-state index contributed by atoms with van der Waals surface area (Å²) in [5.41, 5.74) is 3.91. The van der Waals surface area contributed by atoms with Crippen LogP contribution >= 0.6 is 0 Å². The minimum Gasteiger partial charge on any atom is -0.456 e. The number of carbonyl (C=O) groups excluding carboxylic acids is 1. The van der Waals surface area contributed by atoms with E-state index in [4.69, 9.17) is 9.15 Å². The highest BCUT2D eigenvalue weighted by atomic mass is 16.6. The Hall–Kier alpha value is -3.38. The maximum atomic E-state index is 12.1. The van der Waals surface area contributed by atoms with E-state index >= 15 is 0 Å². The van der Waals surface area contributed by atoms with Crippen LogP contribution in [0.3, 0.4) is 0 Å². The topological polar surface area (TPSA) is 67.6 Å². The van der Waals surface area contributed by atoms with E-state index in [1.807, 2.05) is 65.2 Å². The molecule has 1 N–H and O–H groups in total. The SMILES string of the molecule is CC.Cc1cc(CN2CCC(NC(=O)OC(C)(C)C)CC2)cc2c(-c3cc4ccccc4o3)cncc12. The lowest BCUT2D eigenvalue weighted by Gasteiger charge is -2.33. The molecule has 1 aliphatic heterocycles. The highest BCUT2D eigenvalue weighted by molar-refractivity contribution is 5.98. The number of pyridine rings is 1. The Labute approximate surface area is 220 Å². The Morgan fingerprint density at radius 1 is 1.08 bits per heavy atom. The summed E-state index contributed by atoms with van der Waals surface area (Å²) in [6.45, 7) is 14.5. The van der Waals surface area contributed by atoms with Gasteiger partial charge in [-0.05, 0) is 75.2 Å². The summed E-state index contributed by atoms with van der Waals surface area (Å²) in [6.07, 6.45) is 5.35. The van der Waals surface area contributed by atoms with E-state index in [9.17, 15) is 4.79 Å². The highest BCUT2D eigenvalue weighted by Crippen LogP contribution is 2.34. The number of para-hydroxylation sites is 1. The molecule has 1 amide bonds. The summed E-state index contributed by atoms with van der Waals surface area (Å²) in [4.78, 5) is 19.1. The van der Waals surface area contributed by atoms with Crippen LogP contribution in [-0.2, 0) is 11.3 Å². The summed E-state index contributed by atoms with van der Waals surface area (Å²) in [5, 5.41) is 6.43. The largest absolute Gasteiger partial charge is 0.456 e. The molecular weight excluding hydrogens is 462 g/mol. The smallest absolute Gasteiger partial charge is 0.407 e. The zero-order valence-corrected chi connectivity index (χ0v) is 22.9. The van der Waals surface area contributed by atoms with Crippen LogP contribution < -0.4 is 5.32 Å². The molecule has 0 radical (unpaired) electrons. The minimum absolute atomic E-state index is 0.158. The van der Waals surface area contributed by atoms with Crippen molar-refractivity contribution in [3.63, 3.8) is 0 Å². The summed E-state index contributed by atoms with van der Waals surface area (Å²) in [7, 11) is 0. The van der Waals surface area contributed by atoms with Crippen molar-refractivity contribution < 1.29 is 13.9 Å². The lowest BCUT2D eigenvalue weighted by Crippen LogP contribution is -2.45. The molecule has 5 rings (SSSR count). The van der Waals surface area contributed by atoms with Crippen LogP contribution in [0.25, 0.3) is 33.1 Å². The maximum Gasteiger partial charge on any atom is 0.407 e. The number of hydrogen-bond donors (Lipinski definition) is 1. The van der Waals surface area contributed by atoms with E-state index in [0.717, 1.165) is 65.5 Å². The normalized spacial score (nSPS) is 14.9. The fraction of sp³-hybridized carbons (Fsp3) is 0.419. The number of alkyl carbamates (subject to hydrolysis) is 1. The molecule has 1 saturated heterocycles. The quantitative estimate of drug-likeness (QED) is 0.314. The number of nitrogens with zero attached hydrogens (tertiary/aromatic N) is 2. The second kappa shape index (κ2) is 11.3. The second-order valence-electron chi connectivity index (χ2n) is 10.5. The third kappa shape index (κ3) is 6.50. The van der Waals surface area contributed by atoms with Crippen LogP contribution in [0.4, 0.5) is 4.79 Å². The molecule has 0 spiro atoms. The van der Waals surface area contributed by atoms with Gasteiger partial charge in [-0.3, -0.25) is 9.88 Å². The van der Waals surface area contributed by atoms with E-state index < -0.39 is 5.60 Å². The van der Waals surface area contributed by atoms with Crippen molar-refractivity contribution in [3.05, 3.63) is 66.0 Å². The first-order valence-electron chi connectivity index (χ1n) is 13.3. The van der Waals surface area contributed by atoms with E-state index in [-0.39, 0.29) is 12.1 Å². The van der Waals surface area contributed by atoms with Gasteiger partial charge < -0.3 is 14.5 Å². The molecule has 37 heavy (non-hydrogen) atoms. The lowest BCUT2D eigenvalue weighted by atomic mass is 9.98.